The minimum absolute atomic E-state index is 0.346. The van der Waals surface area contributed by atoms with Gasteiger partial charge in [-0.2, -0.15) is 0 Å². The number of rotatable bonds is 7. The maximum atomic E-state index is 10.0. The van der Waals surface area contributed by atoms with Crippen LogP contribution in [0, 0.1) is 25.7 Å². The van der Waals surface area contributed by atoms with Gasteiger partial charge in [0.05, 0.1) is 0 Å². The van der Waals surface area contributed by atoms with Gasteiger partial charge in [-0.25, -0.2) is 0 Å². The van der Waals surface area contributed by atoms with Crippen LogP contribution in [0.5, 0.6) is 5.75 Å². The van der Waals surface area contributed by atoms with Crippen molar-refractivity contribution < 1.29 is 9.84 Å². The van der Waals surface area contributed by atoms with E-state index in [0.717, 1.165) is 29.7 Å². The molecule has 0 aromatic heterocycles. The highest BCUT2D eigenvalue weighted by Crippen LogP contribution is 2.29. The van der Waals surface area contributed by atoms with Crippen molar-refractivity contribution >= 4 is 0 Å². The van der Waals surface area contributed by atoms with Crippen molar-refractivity contribution in [3.8, 4) is 5.75 Å². The number of hydrogen-bond donors (Lipinski definition) is 2. The first-order chi connectivity index (χ1) is 10.0. The van der Waals surface area contributed by atoms with Gasteiger partial charge in [-0.05, 0) is 62.3 Å². The molecule has 0 bridgehead atoms. The van der Waals surface area contributed by atoms with Crippen molar-refractivity contribution in [2.75, 3.05) is 19.7 Å². The van der Waals surface area contributed by atoms with Gasteiger partial charge >= 0.3 is 0 Å². The van der Waals surface area contributed by atoms with Gasteiger partial charge in [0.2, 0.25) is 0 Å². The van der Waals surface area contributed by atoms with Gasteiger partial charge in [0.15, 0.2) is 0 Å². The molecule has 21 heavy (non-hydrogen) atoms. The fraction of sp³-hybridized carbons (Fsp3) is 0.667. The third-order valence-electron chi connectivity index (χ3n) is 4.39. The van der Waals surface area contributed by atoms with Crippen LogP contribution in [0.25, 0.3) is 0 Å². The third-order valence-corrected chi connectivity index (χ3v) is 4.39. The van der Waals surface area contributed by atoms with E-state index in [0.29, 0.717) is 13.2 Å². The van der Waals surface area contributed by atoms with Crippen molar-refractivity contribution in [3.05, 3.63) is 29.3 Å². The van der Waals surface area contributed by atoms with E-state index in [2.05, 4.69) is 24.4 Å². The number of ether oxygens (including phenoxy) is 1. The summed E-state index contributed by atoms with van der Waals surface area (Å²) >= 11 is 0. The lowest BCUT2D eigenvalue weighted by Gasteiger charge is -2.16. The Balaban J connectivity index is 1.65. The summed E-state index contributed by atoms with van der Waals surface area (Å²) in [7, 11) is 0. The lowest BCUT2D eigenvalue weighted by atomic mass is 10.1. The van der Waals surface area contributed by atoms with Gasteiger partial charge in [0.1, 0.15) is 18.5 Å². The Morgan fingerprint density at radius 1 is 1.33 bits per heavy atom. The fourth-order valence-corrected chi connectivity index (χ4v) is 3.07. The van der Waals surface area contributed by atoms with Crippen LogP contribution in [0.1, 0.15) is 37.3 Å². The van der Waals surface area contributed by atoms with Gasteiger partial charge in [0, 0.05) is 6.54 Å². The zero-order chi connectivity index (χ0) is 15.2. The Morgan fingerprint density at radius 3 is 2.86 bits per heavy atom. The molecule has 0 radical (unpaired) electrons. The highest BCUT2D eigenvalue weighted by atomic mass is 16.5. The van der Waals surface area contributed by atoms with E-state index < -0.39 is 6.10 Å². The molecule has 0 heterocycles. The van der Waals surface area contributed by atoms with Crippen LogP contribution in [0.4, 0.5) is 0 Å². The molecule has 2 rings (SSSR count). The molecule has 1 saturated carbocycles. The smallest absolute Gasteiger partial charge is 0.122 e. The lowest BCUT2D eigenvalue weighted by Crippen LogP contribution is -2.34. The second-order valence-corrected chi connectivity index (χ2v) is 6.68. The number of hydrogen-bond acceptors (Lipinski definition) is 3. The van der Waals surface area contributed by atoms with Gasteiger partial charge in [0.25, 0.3) is 0 Å². The van der Waals surface area contributed by atoms with Gasteiger partial charge in [-0.3, -0.25) is 0 Å². The molecule has 0 spiro atoms. The minimum Gasteiger partial charge on any atom is -0.491 e. The van der Waals surface area contributed by atoms with E-state index in [-0.39, 0.29) is 0 Å². The Labute approximate surface area is 128 Å². The van der Waals surface area contributed by atoms with E-state index >= 15 is 0 Å². The molecule has 3 unspecified atom stereocenters. The molecule has 2 N–H and O–H groups in total. The predicted octanol–water partition coefficient (Wildman–Crippen LogP) is 3.07. The van der Waals surface area contributed by atoms with Gasteiger partial charge in [-0.1, -0.05) is 25.5 Å². The number of aliphatic hydroxyl groups is 1. The van der Waals surface area contributed by atoms with Crippen molar-refractivity contribution in [1.82, 2.24) is 5.32 Å². The van der Waals surface area contributed by atoms with Crippen LogP contribution in [-0.2, 0) is 0 Å². The first-order valence-corrected chi connectivity index (χ1v) is 8.13. The second kappa shape index (κ2) is 7.81. The van der Waals surface area contributed by atoms with Gasteiger partial charge < -0.3 is 15.2 Å². The van der Waals surface area contributed by atoms with E-state index in [1.54, 1.807) is 0 Å². The average molecular weight is 291 g/mol. The first kappa shape index (κ1) is 16.3. The quantitative estimate of drug-likeness (QED) is 0.811. The number of benzene rings is 1. The minimum atomic E-state index is -0.455. The molecule has 1 aromatic rings. The average Bonchev–Trinajstić information content (AvgIpc) is 2.85. The molecular formula is C18H29NO2. The van der Waals surface area contributed by atoms with Crippen LogP contribution < -0.4 is 10.1 Å². The Hall–Kier alpha value is -1.06. The molecular weight excluding hydrogens is 262 g/mol. The van der Waals surface area contributed by atoms with Crippen LogP contribution in [0.3, 0.4) is 0 Å². The zero-order valence-electron chi connectivity index (χ0n) is 13.6. The van der Waals surface area contributed by atoms with E-state index in [4.69, 9.17) is 4.74 Å². The molecule has 0 aliphatic heterocycles. The van der Waals surface area contributed by atoms with Crippen LogP contribution >= 0.6 is 0 Å². The summed E-state index contributed by atoms with van der Waals surface area (Å²) in [6.45, 7) is 8.37. The summed E-state index contributed by atoms with van der Waals surface area (Å²) in [4.78, 5) is 0. The molecule has 0 saturated heterocycles. The maximum absolute atomic E-state index is 10.0. The Bertz CT molecular complexity index is 447. The second-order valence-electron chi connectivity index (χ2n) is 6.68. The SMILES string of the molecule is Cc1ccc(C)c(OCC(O)CNCC2CCC(C)C2)c1. The molecule has 1 fully saturated rings. The van der Waals surface area contributed by atoms with E-state index in [1.165, 1.54) is 24.8 Å². The Kier molecular flexibility index (Phi) is 6.07. The summed E-state index contributed by atoms with van der Waals surface area (Å²) in [6, 6.07) is 6.15. The monoisotopic (exact) mass is 291 g/mol. The molecule has 3 nitrogen and oxygen atoms in total. The fourth-order valence-electron chi connectivity index (χ4n) is 3.07. The maximum Gasteiger partial charge on any atom is 0.122 e. The summed E-state index contributed by atoms with van der Waals surface area (Å²) in [5.41, 5.74) is 2.29. The van der Waals surface area contributed by atoms with Crippen LogP contribution in [-0.4, -0.2) is 30.9 Å². The standard InChI is InChI=1S/C18H29NO2/c1-13-5-7-16(8-13)10-19-11-17(20)12-21-18-9-14(2)4-6-15(18)3/h4,6,9,13,16-17,19-20H,5,7-8,10-12H2,1-3H3. The molecule has 3 atom stereocenters. The number of nitrogens with one attached hydrogen (secondary N) is 1. The zero-order valence-corrected chi connectivity index (χ0v) is 13.6. The number of aryl methyl sites for hydroxylation is 2. The molecule has 0 amide bonds. The van der Waals surface area contributed by atoms with E-state index in [9.17, 15) is 5.11 Å². The van der Waals surface area contributed by atoms with Crippen LogP contribution in [0.15, 0.2) is 18.2 Å². The van der Waals surface area contributed by atoms with Crippen molar-refractivity contribution in [2.45, 2.75) is 46.1 Å². The summed E-state index contributed by atoms with van der Waals surface area (Å²) in [5.74, 6) is 2.53. The van der Waals surface area contributed by atoms with E-state index in [1.807, 2.05) is 19.9 Å². The normalized spacial score (nSPS) is 23.2. The largest absolute Gasteiger partial charge is 0.491 e. The molecule has 3 heteroatoms. The summed E-state index contributed by atoms with van der Waals surface area (Å²) < 4.78 is 5.73. The number of aliphatic hydroxyl groups excluding tert-OH is 1. The molecule has 1 aromatic carbocycles. The Morgan fingerprint density at radius 2 is 2.14 bits per heavy atom. The van der Waals surface area contributed by atoms with Crippen LogP contribution in [0.2, 0.25) is 0 Å². The summed E-state index contributed by atoms with van der Waals surface area (Å²) in [5, 5.41) is 13.4. The topological polar surface area (TPSA) is 41.5 Å². The highest BCUT2D eigenvalue weighted by Gasteiger charge is 2.20. The van der Waals surface area contributed by atoms with Gasteiger partial charge in [-0.15, -0.1) is 0 Å². The van der Waals surface area contributed by atoms with Crippen molar-refractivity contribution in [2.24, 2.45) is 11.8 Å². The lowest BCUT2D eigenvalue weighted by molar-refractivity contribution is 0.105. The molecule has 1 aliphatic rings. The highest BCUT2D eigenvalue weighted by molar-refractivity contribution is 5.35. The first-order valence-electron chi connectivity index (χ1n) is 8.13. The summed E-state index contributed by atoms with van der Waals surface area (Å²) in [6.07, 6.45) is 3.54. The molecule has 118 valence electrons. The third kappa shape index (κ3) is 5.33. The van der Waals surface area contributed by atoms with Crippen molar-refractivity contribution in [3.63, 3.8) is 0 Å². The molecule has 1 aliphatic carbocycles. The van der Waals surface area contributed by atoms with Crippen molar-refractivity contribution in [1.29, 1.82) is 0 Å². The predicted molar refractivity (Wildman–Crippen MR) is 86.8 cm³/mol.